The topological polar surface area (TPSA) is 88.0 Å². The highest BCUT2D eigenvalue weighted by Crippen LogP contribution is 2.35. The number of methoxy groups -OCH3 is 2. The quantitative estimate of drug-likeness (QED) is 0.765. The van der Waals surface area contributed by atoms with Crippen LogP contribution >= 0.6 is 0 Å². The number of benzene rings is 2. The molecule has 4 rings (SSSR count). The SMILES string of the molecule is COc1ccc(NC(=O)n2c(=O)ccc3cc4c(cc32)OCO4)cc1OC. The Labute approximate surface area is 153 Å². The van der Waals surface area contributed by atoms with Crippen molar-refractivity contribution in [2.24, 2.45) is 0 Å². The van der Waals surface area contributed by atoms with Crippen molar-refractivity contribution in [1.29, 1.82) is 0 Å². The average Bonchev–Trinajstić information content (AvgIpc) is 3.13. The van der Waals surface area contributed by atoms with Gasteiger partial charge >= 0.3 is 6.03 Å². The summed E-state index contributed by atoms with van der Waals surface area (Å²) < 4.78 is 22.2. The number of hydrogen-bond donors (Lipinski definition) is 1. The van der Waals surface area contributed by atoms with Crippen LogP contribution < -0.4 is 29.8 Å². The highest BCUT2D eigenvalue weighted by molar-refractivity contribution is 5.98. The zero-order chi connectivity index (χ0) is 19.0. The van der Waals surface area contributed by atoms with Crippen molar-refractivity contribution in [3.8, 4) is 23.0 Å². The van der Waals surface area contributed by atoms with E-state index in [-0.39, 0.29) is 6.79 Å². The van der Waals surface area contributed by atoms with E-state index in [1.165, 1.54) is 20.3 Å². The van der Waals surface area contributed by atoms with Gasteiger partial charge in [-0.05, 0) is 24.3 Å². The van der Waals surface area contributed by atoms with E-state index < -0.39 is 11.6 Å². The first-order valence-corrected chi connectivity index (χ1v) is 8.09. The number of nitrogens with one attached hydrogen (secondary N) is 1. The van der Waals surface area contributed by atoms with Crippen molar-refractivity contribution in [2.45, 2.75) is 0 Å². The first-order valence-electron chi connectivity index (χ1n) is 8.09. The standard InChI is InChI=1S/C19H16N2O6/c1-24-14-5-4-12(8-15(14)25-2)20-19(23)21-13-9-17-16(26-10-27-17)7-11(13)3-6-18(21)22/h3-9H,10H2,1-2H3,(H,20,23). The maximum Gasteiger partial charge on any atom is 0.333 e. The number of fused-ring (bicyclic) bond motifs is 2. The van der Waals surface area contributed by atoms with Gasteiger partial charge in [0.1, 0.15) is 0 Å². The second-order valence-corrected chi connectivity index (χ2v) is 5.77. The van der Waals surface area contributed by atoms with Gasteiger partial charge in [0.2, 0.25) is 6.79 Å². The second-order valence-electron chi connectivity index (χ2n) is 5.77. The summed E-state index contributed by atoms with van der Waals surface area (Å²) in [6, 6.07) is 10.7. The molecule has 0 bridgehead atoms. The van der Waals surface area contributed by atoms with Gasteiger partial charge in [-0.1, -0.05) is 0 Å². The van der Waals surface area contributed by atoms with Crippen molar-refractivity contribution in [2.75, 3.05) is 26.3 Å². The minimum Gasteiger partial charge on any atom is -0.493 e. The molecule has 8 nitrogen and oxygen atoms in total. The predicted molar refractivity (Wildman–Crippen MR) is 98.3 cm³/mol. The number of carbonyl (C=O) groups excluding carboxylic acids is 1. The average molecular weight is 368 g/mol. The molecule has 0 radical (unpaired) electrons. The summed E-state index contributed by atoms with van der Waals surface area (Å²) in [6.45, 7) is 0.105. The molecule has 138 valence electrons. The highest BCUT2D eigenvalue weighted by Gasteiger charge is 2.19. The third-order valence-corrected chi connectivity index (χ3v) is 4.23. The molecular weight excluding hydrogens is 352 g/mol. The van der Waals surface area contributed by atoms with E-state index in [0.717, 1.165) is 4.57 Å². The van der Waals surface area contributed by atoms with Gasteiger partial charge in [0.05, 0.1) is 19.7 Å². The van der Waals surface area contributed by atoms with Crippen LogP contribution in [0.1, 0.15) is 0 Å². The number of ether oxygens (including phenoxy) is 4. The Morgan fingerprint density at radius 2 is 1.74 bits per heavy atom. The molecule has 2 aromatic carbocycles. The molecule has 1 N–H and O–H groups in total. The number of anilines is 1. The van der Waals surface area contributed by atoms with E-state index >= 15 is 0 Å². The maximum atomic E-state index is 12.8. The molecule has 2 heterocycles. The molecule has 3 aromatic rings. The molecule has 8 heteroatoms. The first kappa shape index (κ1) is 16.8. The van der Waals surface area contributed by atoms with Gasteiger partial charge in [-0.3, -0.25) is 4.79 Å². The summed E-state index contributed by atoms with van der Waals surface area (Å²) >= 11 is 0. The highest BCUT2D eigenvalue weighted by atomic mass is 16.7. The van der Waals surface area contributed by atoms with E-state index in [9.17, 15) is 9.59 Å². The van der Waals surface area contributed by atoms with Gasteiger partial charge < -0.3 is 24.3 Å². The summed E-state index contributed by atoms with van der Waals surface area (Å²) in [5, 5.41) is 3.38. The Morgan fingerprint density at radius 1 is 1.00 bits per heavy atom. The maximum absolute atomic E-state index is 12.8. The third kappa shape index (κ3) is 2.91. The van der Waals surface area contributed by atoms with Crippen LogP contribution in [0.3, 0.4) is 0 Å². The summed E-state index contributed by atoms with van der Waals surface area (Å²) in [5.74, 6) is 2.06. The fourth-order valence-electron chi connectivity index (χ4n) is 2.93. The fourth-order valence-corrected chi connectivity index (χ4v) is 2.93. The molecular formula is C19H16N2O6. The van der Waals surface area contributed by atoms with Crippen LogP contribution in [-0.2, 0) is 0 Å². The van der Waals surface area contributed by atoms with Crippen LogP contribution in [0.25, 0.3) is 10.9 Å². The monoisotopic (exact) mass is 368 g/mol. The van der Waals surface area contributed by atoms with Crippen LogP contribution in [0.15, 0.2) is 47.3 Å². The number of hydrogen-bond acceptors (Lipinski definition) is 6. The Bertz CT molecular complexity index is 1110. The van der Waals surface area contributed by atoms with Gasteiger partial charge in [0.25, 0.3) is 5.56 Å². The lowest BCUT2D eigenvalue weighted by molar-refractivity contribution is 0.174. The molecule has 0 fully saturated rings. The van der Waals surface area contributed by atoms with Gasteiger partial charge in [-0.15, -0.1) is 0 Å². The zero-order valence-corrected chi connectivity index (χ0v) is 14.6. The molecule has 1 aromatic heterocycles. The van der Waals surface area contributed by atoms with Gasteiger partial charge in [0, 0.05) is 29.3 Å². The minimum atomic E-state index is -0.600. The van der Waals surface area contributed by atoms with Gasteiger partial charge in [0.15, 0.2) is 23.0 Å². The normalized spacial score (nSPS) is 12.1. The Hall–Kier alpha value is -3.68. The van der Waals surface area contributed by atoms with E-state index in [1.807, 2.05) is 0 Å². The van der Waals surface area contributed by atoms with Gasteiger partial charge in [-0.25, -0.2) is 9.36 Å². The number of rotatable bonds is 3. The van der Waals surface area contributed by atoms with Crippen molar-refractivity contribution in [3.05, 3.63) is 52.8 Å². The van der Waals surface area contributed by atoms with E-state index in [2.05, 4.69) is 5.32 Å². The number of pyridine rings is 1. The predicted octanol–water partition coefficient (Wildman–Crippen LogP) is 2.83. The second kappa shape index (κ2) is 6.56. The van der Waals surface area contributed by atoms with Crippen LogP contribution in [0.4, 0.5) is 10.5 Å². The number of amides is 1. The molecule has 1 aliphatic rings. The lowest BCUT2D eigenvalue weighted by Gasteiger charge is -2.13. The Kier molecular flexibility index (Phi) is 4.08. The van der Waals surface area contributed by atoms with E-state index in [4.69, 9.17) is 18.9 Å². The molecule has 0 aliphatic carbocycles. The lowest BCUT2D eigenvalue weighted by Crippen LogP contribution is -2.30. The number of carbonyl (C=O) groups is 1. The van der Waals surface area contributed by atoms with Crippen molar-refractivity contribution < 1.29 is 23.7 Å². The third-order valence-electron chi connectivity index (χ3n) is 4.23. The van der Waals surface area contributed by atoms with E-state index in [1.54, 1.807) is 36.4 Å². The van der Waals surface area contributed by atoms with Crippen molar-refractivity contribution in [1.82, 2.24) is 4.57 Å². The summed E-state index contributed by atoms with van der Waals surface area (Å²) in [5.41, 5.74) is 0.423. The molecule has 0 saturated carbocycles. The Morgan fingerprint density at radius 3 is 2.48 bits per heavy atom. The van der Waals surface area contributed by atoms with Crippen LogP contribution in [0.5, 0.6) is 23.0 Å². The first-order chi connectivity index (χ1) is 13.1. The molecule has 1 amide bonds. The van der Waals surface area contributed by atoms with Crippen LogP contribution in [0.2, 0.25) is 0 Å². The smallest absolute Gasteiger partial charge is 0.333 e. The largest absolute Gasteiger partial charge is 0.493 e. The zero-order valence-electron chi connectivity index (χ0n) is 14.6. The molecule has 0 unspecified atom stereocenters. The van der Waals surface area contributed by atoms with Crippen LogP contribution in [-0.4, -0.2) is 31.6 Å². The molecule has 0 spiro atoms. The lowest BCUT2D eigenvalue weighted by atomic mass is 10.2. The summed E-state index contributed by atoms with van der Waals surface area (Å²) in [4.78, 5) is 25.2. The molecule has 27 heavy (non-hydrogen) atoms. The summed E-state index contributed by atoms with van der Waals surface area (Å²) in [6.07, 6.45) is 0. The van der Waals surface area contributed by atoms with E-state index in [0.29, 0.717) is 39.6 Å². The number of aromatic nitrogens is 1. The summed E-state index contributed by atoms with van der Waals surface area (Å²) in [7, 11) is 3.03. The van der Waals surface area contributed by atoms with Crippen molar-refractivity contribution >= 4 is 22.6 Å². The molecule has 0 saturated heterocycles. The fraction of sp³-hybridized carbons (Fsp3) is 0.158. The van der Waals surface area contributed by atoms with Gasteiger partial charge in [-0.2, -0.15) is 0 Å². The molecule has 1 aliphatic heterocycles. The molecule has 0 atom stereocenters. The van der Waals surface area contributed by atoms with Crippen molar-refractivity contribution in [3.63, 3.8) is 0 Å². The number of nitrogens with zero attached hydrogens (tertiary/aromatic N) is 1. The minimum absolute atomic E-state index is 0.105. The Balaban J connectivity index is 1.75. The van der Waals surface area contributed by atoms with Crippen LogP contribution in [0, 0.1) is 0 Å².